The van der Waals surface area contributed by atoms with Gasteiger partial charge in [-0.2, -0.15) is 17.0 Å². The van der Waals surface area contributed by atoms with Crippen molar-refractivity contribution < 1.29 is 8.42 Å². The molecule has 0 unspecified atom stereocenters. The van der Waals surface area contributed by atoms with Gasteiger partial charge < -0.3 is 4.57 Å². The number of fused-ring (bicyclic) bond motifs is 1. The molecule has 3 heterocycles. The van der Waals surface area contributed by atoms with E-state index in [-0.39, 0.29) is 5.56 Å². The minimum Gasteiger partial charge on any atom is -0.315 e. The summed E-state index contributed by atoms with van der Waals surface area (Å²) < 4.78 is 30.5. The van der Waals surface area contributed by atoms with Crippen LogP contribution in [0.3, 0.4) is 0 Å². The SMILES string of the molecule is O=c1cc2c(cn1CCc1ccccc1)CN(S(=O)(=O)N1CCCC1)CC2. The van der Waals surface area contributed by atoms with Crippen LogP contribution in [0.5, 0.6) is 0 Å². The van der Waals surface area contributed by atoms with E-state index >= 15 is 0 Å². The maximum absolute atomic E-state index is 12.8. The van der Waals surface area contributed by atoms with Gasteiger partial charge in [-0.25, -0.2) is 0 Å². The number of nitrogens with zero attached hydrogens (tertiary/aromatic N) is 3. The first kappa shape index (κ1) is 18.4. The lowest BCUT2D eigenvalue weighted by molar-refractivity contribution is 0.344. The monoisotopic (exact) mass is 387 g/mol. The van der Waals surface area contributed by atoms with Gasteiger partial charge in [0, 0.05) is 45.0 Å². The summed E-state index contributed by atoms with van der Waals surface area (Å²) in [5, 5.41) is 0. The van der Waals surface area contributed by atoms with Crippen molar-refractivity contribution in [2.75, 3.05) is 19.6 Å². The van der Waals surface area contributed by atoms with Crippen LogP contribution in [-0.4, -0.2) is 41.2 Å². The summed E-state index contributed by atoms with van der Waals surface area (Å²) in [5.41, 5.74) is 3.08. The van der Waals surface area contributed by atoms with Gasteiger partial charge in [0.25, 0.3) is 15.8 Å². The van der Waals surface area contributed by atoms with Crippen LogP contribution in [0.1, 0.15) is 29.5 Å². The van der Waals surface area contributed by atoms with E-state index in [1.54, 1.807) is 19.2 Å². The van der Waals surface area contributed by atoms with Crippen molar-refractivity contribution >= 4 is 10.2 Å². The molecule has 2 aliphatic rings. The molecule has 0 N–H and O–H groups in total. The summed E-state index contributed by atoms with van der Waals surface area (Å²) in [6.45, 7) is 2.61. The Hall–Kier alpha value is -1.96. The highest BCUT2D eigenvalue weighted by Gasteiger charge is 2.33. The molecule has 0 atom stereocenters. The number of hydrogen-bond donors (Lipinski definition) is 0. The Morgan fingerprint density at radius 1 is 0.926 bits per heavy atom. The lowest BCUT2D eigenvalue weighted by Crippen LogP contribution is -2.45. The molecule has 4 rings (SSSR count). The lowest BCUT2D eigenvalue weighted by Gasteiger charge is -2.31. The molecule has 1 aromatic carbocycles. The van der Waals surface area contributed by atoms with E-state index in [1.165, 1.54) is 5.56 Å². The highest BCUT2D eigenvalue weighted by atomic mass is 32.2. The van der Waals surface area contributed by atoms with Crippen molar-refractivity contribution in [3.8, 4) is 0 Å². The third kappa shape index (κ3) is 3.85. The predicted octanol–water partition coefficient (Wildman–Crippen LogP) is 1.79. The molecule has 1 saturated heterocycles. The van der Waals surface area contributed by atoms with E-state index in [4.69, 9.17) is 0 Å². The molecular weight excluding hydrogens is 362 g/mol. The molecule has 0 bridgehead atoms. The molecule has 6 nitrogen and oxygen atoms in total. The third-order valence-corrected chi connectivity index (χ3v) is 7.47. The van der Waals surface area contributed by atoms with Gasteiger partial charge in [0.1, 0.15) is 0 Å². The second kappa shape index (κ2) is 7.58. The molecule has 144 valence electrons. The van der Waals surface area contributed by atoms with Crippen LogP contribution >= 0.6 is 0 Å². The maximum Gasteiger partial charge on any atom is 0.282 e. The number of hydrogen-bond acceptors (Lipinski definition) is 3. The smallest absolute Gasteiger partial charge is 0.282 e. The maximum atomic E-state index is 12.8. The van der Waals surface area contributed by atoms with Gasteiger partial charge in [-0.1, -0.05) is 30.3 Å². The molecule has 1 aromatic heterocycles. The molecule has 0 spiro atoms. The zero-order valence-corrected chi connectivity index (χ0v) is 16.2. The fourth-order valence-corrected chi connectivity index (χ4v) is 5.57. The van der Waals surface area contributed by atoms with Gasteiger partial charge in [0.05, 0.1) is 0 Å². The molecule has 0 amide bonds. The number of pyridine rings is 1. The second-order valence-electron chi connectivity index (χ2n) is 7.29. The second-order valence-corrected chi connectivity index (χ2v) is 9.22. The van der Waals surface area contributed by atoms with Gasteiger partial charge in [0.2, 0.25) is 0 Å². The largest absolute Gasteiger partial charge is 0.315 e. The van der Waals surface area contributed by atoms with Gasteiger partial charge in [-0.05, 0) is 42.4 Å². The molecule has 0 saturated carbocycles. The highest BCUT2D eigenvalue weighted by Crippen LogP contribution is 2.24. The first-order valence-corrected chi connectivity index (χ1v) is 10.9. The Morgan fingerprint density at radius 3 is 2.41 bits per heavy atom. The Morgan fingerprint density at radius 2 is 1.67 bits per heavy atom. The van der Waals surface area contributed by atoms with Crippen LogP contribution in [0.25, 0.3) is 0 Å². The average molecular weight is 388 g/mol. The molecule has 2 aromatic rings. The first-order valence-electron chi connectivity index (χ1n) is 9.55. The summed E-state index contributed by atoms with van der Waals surface area (Å²) in [5.74, 6) is 0. The summed E-state index contributed by atoms with van der Waals surface area (Å²) in [4.78, 5) is 12.4. The lowest BCUT2D eigenvalue weighted by atomic mass is 10.0. The van der Waals surface area contributed by atoms with Crippen LogP contribution in [0, 0.1) is 0 Å². The standard InChI is InChI=1S/C20H25N3O3S/c24-20-14-18-9-13-23(27(25,26)22-10-4-5-11-22)16-19(18)15-21(20)12-8-17-6-2-1-3-7-17/h1-3,6-7,14-15H,4-5,8-13,16H2. The van der Waals surface area contributed by atoms with E-state index in [9.17, 15) is 13.2 Å². The van der Waals surface area contributed by atoms with Crippen molar-refractivity contribution in [1.82, 2.24) is 13.2 Å². The number of aromatic nitrogens is 1. The minimum absolute atomic E-state index is 0.0134. The van der Waals surface area contributed by atoms with Crippen LogP contribution in [-0.2, 0) is 36.1 Å². The zero-order valence-electron chi connectivity index (χ0n) is 15.4. The Bertz CT molecular complexity index is 964. The quantitative estimate of drug-likeness (QED) is 0.786. The molecule has 1 fully saturated rings. The van der Waals surface area contributed by atoms with Crippen LogP contribution in [0.2, 0.25) is 0 Å². The Kier molecular flexibility index (Phi) is 5.16. The van der Waals surface area contributed by atoms with Crippen molar-refractivity contribution in [2.45, 2.75) is 38.8 Å². The summed E-state index contributed by atoms with van der Waals surface area (Å²) in [6.07, 6.45) is 5.09. The van der Waals surface area contributed by atoms with Gasteiger partial charge >= 0.3 is 0 Å². The zero-order chi connectivity index (χ0) is 18.9. The van der Waals surface area contributed by atoms with Gasteiger partial charge in [-0.15, -0.1) is 0 Å². The van der Waals surface area contributed by atoms with Crippen LogP contribution in [0.4, 0.5) is 0 Å². The normalized spacial score (nSPS) is 18.5. The molecule has 0 radical (unpaired) electrons. The van der Waals surface area contributed by atoms with E-state index in [1.807, 2.05) is 36.5 Å². The average Bonchev–Trinajstić information content (AvgIpc) is 3.22. The molecule has 7 heteroatoms. The van der Waals surface area contributed by atoms with Crippen LogP contribution < -0.4 is 5.56 Å². The van der Waals surface area contributed by atoms with Crippen molar-refractivity contribution in [1.29, 1.82) is 0 Å². The number of aryl methyl sites for hydroxylation is 2. The Balaban J connectivity index is 1.53. The predicted molar refractivity (Wildman–Crippen MR) is 105 cm³/mol. The van der Waals surface area contributed by atoms with Gasteiger partial charge in [0.15, 0.2) is 0 Å². The summed E-state index contributed by atoms with van der Waals surface area (Å²) in [7, 11) is -3.40. The first-order chi connectivity index (χ1) is 13.0. The summed E-state index contributed by atoms with van der Waals surface area (Å²) >= 11 is 0. The number of benzene rings is 1. The molecular formula is C20H25N3O3S. The third-order valence-electron chi connectivity index (χ3n) is 5.48. The molecule has 2 aliphatic heterocycles. The van der Waals surface area contributed by atoms with Crippen molar-refractivity contribution in [3.05, 3.63) is 69.6 Å². The van der Waals surface area contributed by atoms with E-state index in [0.717, 1.165) is 30.4 Å². The van der Waals surface area contributed by atoms with Crippen molar-refractivity contribution in [3.63, 3.8) is 0 Å². The fourth-order valence-electron chi connectivity index (χ4n) is 3.90. The molecule has 27 heavy (non-hydrogen) atoms. The molecule has 0 aliphatic carbocycles. The highest BCUT2D eigenvalue weighted by molar-refractivity contribution is 7.86. The fraction of sp³-hybridized carbons (Fsp3) is 0.450. The van der Waals surface area contributed by atoms with E-state index in [0.29, 0.717) is 39.1 Å². The van der Waals surface area contributed by atoms with E-state index < -0.39 is 10.2 Å². The summed E-state index contributed by atoms with van der Waals surface area (Å²) in [6, 6.07) is 11.7. The van der Waals surface area contributed by atoms with Crippen LogP contribution in [0.15, 0.2) is 47.4 Å². The topological polar surface area (TPSA) is 62.6 Å². The number of rotatable bonds is 5. The minimum atomic E-state index is -3.40. The van der Waals surface area contributed by atoms with E-state index in [2.05, 4.69) is 0 Å². The van der Waals surface area contributed by atoms with Gasteiger partial charge in [-0.3, -0.25) is 4.79 Å². The van der Waals surface area contributed by atoms with Crippen molar-refractivity contribution in [2.24, 2.45) is 0 Å². The Labute approximate surface area is 160 Å².